The van der Waals surface area contributed by atoms with E-state index in [0.29, 0.717) is 5.57 Å². The van der Waals surface area contributed by atoms with Crippen LogP contribution < -0.4 is 0 Å². The molecule has 0 aliphatic heterocycles. The molecule has 4 atom stereocenters. The van der Waals surface area contributed by atoms with Crippen LogP contribution in [-0.2, 0) is 11.8 Å². The molecule has 0 bridgehead atoms. The van der Waals surface area contributed by atoms with Crippen molar-refractivity contribution in [3.63, 3.8) is 0 Å². The summed E-state index contributed by atoms with van der Waals surface area (Å²) in [6.45, 7) is 4.31. The van der Waals surface area contributed by atoms with Crippen molar-refractivity contribution in [2.75, 3.05) is 0 Å². The lowest BCUT2D eigenvalue weighted by Crippen LogP contribution is -2.47. The summed E-state index contributed by atoms with van der Waals surface area (Å²) in [5.74, 6) is 0.218. The Labute approximate surface area is 199 Å². The zero-order valence-electron chi connectivity index (χ0n) is 19.4. The summed E-state index contributed by atoms with van der Waals surface area (Å²) in [6.07, 6.45) is 3.17. The van der Waals surface area contributed by atoms with Gasteiger partial charge in [0.2, 0.25) is 0 Å². The van der Waals surface area contributed by atoms with Crippen molar-refractivity contribution in [2.45, 2.75) is 38.2 Å². The van der Waals surface area contributed by atoms with Gasteiger partial charge in [-0.3, -0.25) is 0 Å². The van der Waals surface area contributed by atoms with E-state index in [-0.39, 0.29) is 11.8 Å². The number of aliphatic hydroxyl groups is 1. The third kappa shape index (κ3) is 2.90. The van der Waals surface area contributed by atoms with Crippen LogP contribution in [-0.4, -0.2) is 21.0 Å². The molecular weight excluding hydrogens is 418 g/mol. The highest BCUT2D eigenvalue weighted by Gasteiger charge is 2.50. The average Bonchev–Trinajstić information content (AvgIpc) is 3.27. The number of rotatable bonds is 2. The van der Waals surface area contributed by atoms with Gasteiger partial charge in [0.15, 0.2) is 0 Å². The Bertz CT molecular complexity index is 1470. The van der Waals surface area contributed by atoms with Crippen LogP contribution in [0.5, 0.6) is 0 Å². The van der Waals surface area contributed by atoms with E-state index in [1.165, 1.54) is 10.9 Å². The van der Waals surface area contributed by atoms with Gasteiger partial charge in [0.1, 0.15) is 0 Å². The first-order chi connectivity index (χ1) is 16.5. The van der Waals surface area contributed by atoms with Gasteiger partial charge < -0.3 is 5.11 Å². The molecule has 168 valence electrons. The Hall–Kier alpha value is -3.68. The maximum Gasteiger partial charge on any atom is 0.0971 e. The fraction of sp³-hybridized carbons (Fsp3) is 0.267. The van der Waals surface area contributed by atoms with Crippen molar-refractivity contribution in [3.8, 4) is 23.0 Å². The minimum Gasteiger partial charge on any atom is -0.387 e. The summed E-state index contributed by atoms with van der Waals surface area (Å²) < 4.78 is 2.13. The van der Waals surface area contributed by atoms with E-state index in [4.69, 9.17) is 5.10 Å². The van der Waals surface area contributed by atoms with Crippen molar-refractivity contribution in [3.05, 3.63) is 95.7 Å². The third-order valence-corrected chi connectivity index (χ3v) is 8.05. The van der Waals surface area contributed by atoms with Gasteiger partial charge in [0, 0.05) is 21.9 Å². The molecule has 2 aliphatic rings. The second kappa shape index (κ2) is 7.68. The number of aromatic nitrogens is 2. The molecule has 4 nitrogen and oxygen atoms in total. The summed E-state index contributed by atoms with van der Waals surface area (Å²) in [4.78, 5) is 0. The van der Waals surface area contributed by atoms with E-state index < -0.39 is 11.5 Å². The number of allylic oxidation sites excluding steroid dienone is 1. The summed E-state index contributed by atoms with van der Waals surface area (Å²) in [7, 11) is 0. The van der Waals surface area contributed by atoms with Crippen LogP contribution in [0.1, 0.15) is 31.5 Å². The Morgan fingerprint density at radius 1 is 1.03 bits per heavy atom. The molecule has 2 aliphatic carbocycles. The molecule has 4 aromatic rings. The van der Waals surface area contributed by atoms with E-state index in [0.717, 1.165) is 40.9 Å². The van der Waals surface area contributed by atoms with Gasteiger partial charge in [-0.15, -0.1) is 0 Å². The number of hydrogen-bond donors (Lipinski definition) is 1. The Morgan fingerprint density at radius 3 is 2.56 bits per heavy atom. The fourth-order valence-corrected chi connectivity index (χ4v) is 6.41. The zero-order valence-corrected chi connectivity index (χ0v) is 19.4. The maximum absolute atomic E-state index is 10.8. The highest BCUT2D eigenvalue weighted by molar-refractivity contribution is 5.90. The van der Waals surface area contributed by atoms with Gasteiger partial charge in [-0.2, -0.15) is 10.4 Å². The van der Waals surface area contributed by atoms with Crippen LogP contribution in [0.2, 0.25) is 0 Å². The Balaban J connectivity index is 1.70. The number of aliphatic hydroxyl groups excluding tert-OH is 1. The molecule has 0 radical (unpaired) electrons. The van der Waals surface area contributed by atoms with E-state index in [1.807, 2.05) is 12.1 Å². The van der Waals surface area contributed by atoms with Crippen molar-refractivity contribution in [2.24, 2.45) is 11.8 Å². The molecule has 1 unspecified atom stereocenters. The Kier molecular flexibility index (Phi) is 4.72. The predicted octanol–water partition coefficient (Wildman–Crippen LogP) is 5.97. The smallest absolute Gasteiger partial charge is 0.0971 e. The van der Waals surface area contributed by atoms with Crippen LogP contribution >= 0.6 is 0 Å². The minimum absolute atomic E-state index is 0.00570. The molecule has 1 heterocycles. The molecule has 3 aromatic carbocycles. The topological polar surface area (TPSA) is 61.8 Å². The molecule has 0 saturated heterocycles. The Morgan fingerprint density at radius 2 is 1.76 bits per heavy atom. The molecule has 0 saturated carbocycles. The first-order valence-corrected chi connectivity index (χ1v) is 12.0. The highest BCUT2D eigenvalue weighted by atomic mass is 16.3. The molecule has 1 N–H and O–H groups in total. The lowest BCUT2D eigenvalue weighted by molar-refractivity contribution is 0.0664. The monoisotopic (exact) mass is 445 g/mol. The summed E-state index contributed by atoms with van der Waals surface area (Å²) >= 11 is 0. The van der Waals surface area contributed by atoms with Crippen molar-refractivity contribution in [1.29, 1.82) is 5.26 Å². The van der Waals surface area contributed by atoms with Gasteiger partial charge in [0.05, 0.1) is 34.8 Å². The molecule has 34 heavy (non-hydrogen) atoms. The standard InChI is InChI=1S/C30H27N3O/c1-19-25-16-15-24-27(21-10-4-3-5-11-21)32-33(26-14-8-12-20-9-6-7-13-23(20)26)29(24)30(25,2)17-22(18-31)28(19)34/h3-14,17,19,25,28,34H,15-16H2,1-2H3/t19-,25-,28?,30-/m1/s1. The third-order valence-electron chi connectivity index (χ3n) is 8.05. The summed E-state index contributed by atoms with van der Waals surface area (Å²) in [6, 6.07) is 27.4. The number of hydrogen-bond acceptors (Lipinski definition) is 3. The van der Waals surface area contributed by atoms with Crippen molar-refractivity contribution < 1.29 is 5.11 Å². The maximum atomic E-state index is 10.8. The van der Waals surface area contributed by atoms with Gasteiger partial charge in [-0.25, -0.2) is 4.68 Å². The van der Waals surface area contributed by atoms with Crippen LogP contribution in [0.25, 0.3) is 27.7 Å². The van der Waals surface area contributed by atoms with Gasteiger partial charge in [-0.05, 0) is 36.1 Å². The lowest BCUT2D eigenvalue weighted by atomic mass is 9.57. The van der Waals surface area contributed by atoms with Crippen LogP contribution in [0.15, 0.2) is 84.4 Å². The van der Waals surface area contributed by atoms with Crippen molar-refractivity contribution >= 4 is 10.8 Å². The largest absolute Gasteiger partial charge is 0.387 e. The van der Waals surface area contributed by atoms with E-state index >= 15 is 0 Å². The first-order valence-electron chi connectivity index (χ1n) is 12.0. The van der Waals surface area contributed by atoms with Crippen LogP contribution in [0, 0.1) is 23.2 Å². The quantitative estimate of drug-likeness (QED) is 0.413. The van der Waals surface area contributed by atoms with Gasteiger partial charge in [0.25, 0.3) is 0 Å². The molecule has 0 amide bonds. The van der Waals surface area contributed by atoms with Crippen LogP contribution in [0.3, 0.4) is 0 Å². The van der Waals surface area contributed by atoms with E-state index in [9.17, 15) is 10.4 Å². The SMILES string of the molecule is C[C@H]1C(O)C(C#N)=C[C@@]2(C)c3c(c(-c4ccccc4)nn3-c3cccc4ccccc34)CC[C@H]12. The minimum atomic E-state index is -0.716. The van der Waals surface area contributed by atoms with Crippen molar-refractivity contribution in [1.82, 2.24) is 9.78 Å². The summed E-state index contributed by atoms with van der Waals surface area (Å²) in [5.41, 5.74) is 5.60. The van der Waals surface area contributed by atoms with Gasteiger partial charge >= 0.3 is 0 Å². The number of fused-ring (bicyclic) bond motifs is 4. The second-order valence-corrected chi connectivity index (χ2v) is 9.90. The molecule has 0 fully saturated rings. The normalized spacial score (nSPS) is 25.8. The number of nitriles is 1. The van der Waals surface area contributed by atoms with Gasteiger partial charge in [-0.1, -0.05) is 86.7 Å². The average molecular weight is 446 g/mol. The fourth-order valence-electron chi connectivity index (χ4n) is 6.41. The predicted molar refractivity (Wildman–Crippen MR) is 135 cm³/mol. The molecule has 4 heteroatoms. The summed E-state index contributed by atoms with van der Waals surface area (Å²) in [5, 5.41) is 28.3. The number of benzene rings is 3. The molecular formula is C30H27N3O. The number of nitrogens with zero attached hydrogens (tertiary/aromatic N) is 3. The van der Waals surface area contributed by atoms with Crippen LogP contribution in [0.4, 0.5) is 0 Å². The molecule has 6 rings (SSSR count). The highest BCUT2D eigenvalue weighted by Crippen LogP contribution is 2.53. The zero-order chi connectivity index (χ0) is 23.4. The second-order valence-electron chi connectivity index (χ2n) is 9.90. The molecule has 1 aromatic heterocycles. The first kappa shape index (κ1) is 20.9. The molecule has 0 spiro atoms. The van der Waals surface area contributed by atoms with E-state index in [2.05, 4.69) is 91.3 Å². The lowest BCUT2D eigenvalue weighted by Gasteiger charge is -2.47. The van der Waals surface area contributed by atoms with E-state index in [1.54, 1.807) is 0 Å².